The zero-order chi connectivity index (χ0) is 21.8. The third-order valence-corrected chi connectivity index (χ3v) is 4.09. The fourth-order valence-corrected chi connectivity index (χ4v) is 2.62. The average molecular weight is 429 g/mol. The Bertz CT molecular complexity index is 917. The van der Waals surface area contributed by atoms with Crippen LogP contribution in [0.5, 0.6) is 5.88 Å². The molecule has 0 aliphatic rings. The zero-order valence-corrected chi connectivity index (χ0v) is 16.8. The molecular formula is C19H20ClF3N4O2. The standard InChI is InChI=1S/C19H20ClF3N4O2/c1-10(2)16(15-6-12(17(24)28)4-5-25-15)26-8-11(3)29-18-14(20)7-13(9-27-18)19(21,22)23/h4-7,9-11H,8H2,1-3H3,(H2,24,28). The molecule has 0 saturated carbocycles. The van der Waals surface area contributed by atoms with E-state index in [-0.39, 0.29) is 23.4 Å². The molecule has 1 unspecified atom stereocenters. The highest BCUT2D eigenvalue weighted by molar-refractivity contribution is 6.31. The maximum Gasteiger partial charge on any atom is 0.417 e. The van der Waals surface area contributed by atoms with Gasteiger partial charge in [0, 0.05) is 18.0 Å². The lowest BCUT2D eigenvalue weighted by molar-refractivity contribution is -0.137. The van der Waals surface area contributed by atoms with E-state index in [1.54, 1.807) is 13.0 Å². The number of ether oxygens (including phenoxy) is 1. The lowest BCUT2D eigenvalue weighted by Crippen LogP contribution is -2.21. The molecule has 0 fully saturated rings. The molecular weight excluding hydrogens is 409 g/mol. The molecule has 2 heterocycles. The summed E-state index contributed by atoms with van der Waals surface area (Å²) < 4.78 is 43.6. The number of carbonyl (C=O) groups excluding carboxylic acids is 1. The minimum atomic E-state index is -4.54. The van der Waals surface area contributed by atoms with Crippen molar-refractivity contribution in [2.45, 2.75) is 33.1 Å². The highest BCUT2D eigenvalue weighted by atomic mass is 35.5. The van der Waals surface area contributed by atoms with E-state index in [2.05, 4.69) is 15.0 Å². The minimum absolute atomic E-state index is 0.00870. The van der Waals surface area contributed by atoms with Crippen LogP contribution < -0.4 is 10.5 Å². The summed E-state index contributed by atoms with van der Waals surface area (Å²) >= 11 is 5.86. The highest BCUT2D eigenvalue weighted by Crippen LogP contribution is 2.33. The summed E-state index contributed by atoms with van der Waals surface area (Å²) in [5.74, 6) is -0.690. The van der Waals surface area contributed by atoms with Gasteiger partial charge in [0.1, 0.15) is 11.1 Å². The van der Waals surface area contributed by atoms with Crippen LogP contribution in [0.4, 0.5) is 13.2 Å². The molecule has 6 nitrogen and oxygen atoms in total. The lowest BCUT2D eigenvalue weighted by atomic mass is 10.0. The van der Waals surface area contributed by atoms with Gasteiger partial charge in [0.15, 0.2) is 0 Å². The number of aliphatic imine (C=N–C) groups is 1. The summed E-state index contributed by atoms with van der Waals surface area (Å²) in [5.41, 5.74) is 5.80. The Morgan fingerprint density at radius 1 is 1.28 bits per heavy atom. The van der Waals surface area contributed by atoms with E-state index in [4.69, 9.17) is 22.1 Å². The molecule has 2 N–H and O–H groups in total. The number of primary amides is 1. The van der Waals surface area contributed by atoms with Gasteiger partial charge >= 0.3 is 6.18 Å². The Balaban J connectivity index is 2.16. The van der Waals surface area contributed by atoms with Crippen molar-refractivity contribution in [1.29, 1.82) is 0 Å². The van der Waals surface area contributed by atoms with Gasteiger partial charge in [-0.05, 0) is 31.0 Å². The number of hydrogen-bond donors (Lipinski definition) is 1. The number of carbonyl (C=O) groups is 1. The third-order valence-electron chi connectivity index (χ3n) is 3.82. The summed E-state index contributed by atoms with van der Waals surface area (Å²) in [4.78, 5) is 23.8. The van der Waals surface area contributed by atoms with Crippen molar-refractivity contribution in [3.05, 3.63) is 52.4 Å². The van der Waals surface area contributed by atoms with Crippen LogP contribution in [-0.4, -0.2) is 34.2 Å². The maximum absolute atomic E-state index is 12.7. The van der Waals surface area contributed by atoms with Crippen molar-refractivity contribution < 1.29 is 22.7 Å². The van der Waals surface area contributed by atoms with E-state index in [0.717, 1.165) is 6.07 Å². The molecule has 156 valence electrons. The Morgan fingerprint density at radius 3 is 2.52 bits per heavy atom. The topological polar surface area (TPSA) is 90.5 Å². The van der Waals surface area contributed by atoms with Crippen molar-refractivity contribution in [2.24, 2.45) is 16.6 Å². The molecule has 2 rings (SSSR count). The van der Waals surface area contributed by atoms with Gasteiger partial charge in [-0.25, -0.2) is 4.98 Å². The summed E-state index contributed by atoms with van der Waals surface area (Å²) in [6.07, 6.45) is -2.93. The first kappa shape index (κ1) is 22.6. The van der Waals surface area contributed by atoms with E-state index >= 15 is 0 Å². The SMILES string of the molecule is CC(CN=C(c1cc(C(N)=O)ccn1)C(C)C)Oc1ncc(C(F)(F)F)cc1Cl. The van der Waals surface area contributed by atoms with Crippen LogP contribution in [0, 0.1) is 5.92 Å². The molecule has 0 spiro atoms. The number of amides is 1. The second-order valence-corrected chi connectivity index (χ2v) is 7.02. The number of halogens is 4. The average Bonchev–Trinajstić information content (AvgIpc) is 2.62. The monoisotopic (exact) mass is 428 g/mol. The fourth-order valence-electron chi connectivity index (χ4n) is 2.41. The highest BCUT2D eigenvalue weighted by Gasteiger charge is 2.32. The predicted molar refractivity (Wildman–Crippen MR) is 103 cm³/mol. The Morgan fingerprint density at radius 2 is 1.97 bits per heavy atom. The third kappa shape index (κ3) is 6.15. The van der Waals surface area contributed by atoms with E-state index in [0.29, 0.717) is 23.2 Å². The molecule has 2 aromatic rings. The van der Waals surface area contributed by atoms with Crippen LogP contribution in [0.25, 0.3) is 0 Å². The smallest absolute Gasteiger partial charge is 0.417 e. The first-order valence-corrected chi connectivity index (χ1v) is 9.06. The molecule has 0 aliphatic carbocycles. The second kappa shape index (κ2) is 9.21. The van der Waals surface area contributed by atoms with Gasteiger partial charge in [-0.15, -0.1) is 0 Å². The summed E-state index contributed by atoms with van der Waals surface area (Å²) in [6.45, 7) is 5.69. The molecule has 29 heavy (non-hydrogen) atoms. The molecule has 0 saturated heterocycles. The van der Waals surface area contributed by atoms with Crippen molar-refractivity contribution in [3.63, 3.8) is 0 Å². The number of aromatic nitrogens is 2. The van der Waals surface area contributed by atoms with Gasteiger partial charge in [-0.1, -0.05) is 25.4 Å². The molecule has 2 aromatic heterocycles. The fraction of sp³-hybridized carbons (Fsp3) is 0.368. The molecule has 0 aliphatic heterocycles. The van der Waals surface area contributed by atoms with E-state index in [1.165, 1.54) is 12.3 Å². The number of hydrogen-bond acceptors (Lipinski definition) is 5. The minimum Gasteiger partial charge on any atom is -0.472 e. The van der Waals surface area contributed by atoms with Gasteiger partial charge in [0.25, 0.3) is 0 Å². The van der Waals surface area contributed by atoms with Crippen LogP contribution in [0.1, 0.15) is 42.4 Å². The van der Waals surface area contributed by atoms with Gasteiger partial charge in [-0.2, -0.15) is 13.2 Å². The quantitative estimate of drug-likeness (QED) is 0.670. The van der Waals surface area contributed by atoms with Crippen LogP contribution in [0.3, 0.4) is 0 Å². The van der Waals surface area contributed by atoms with Gasteiger partial charge in [0.05, 0.1) is 23.5 Å². The Kier molecular flexibility index (Phi) is 7.18. The number of pyridine rings is 2. The van der Waals surface area contributed by atoms with Crippen LogP contribution >= 0.6 is 11.6 Å². The molecule has 1 atom stereocenters. The molecule has 10 heteroatoms. The predicted octanol–water partition coefficient (Wildman–Crippen LogP) is 4.16. The van der Waals surface area contributed by atoms with Crippen LogP contribution in [-0.2, 0) is 6.18 Å². The van der Waals surface area contributed by atoms with E-state index in [1.807, 2.05) is 13.8 Å². The normalized spacial score (nSPS) is 13.4. The number of nitrogens with two attached hydrogens (primary N) is 1. The number of rotatable bonds is 7. The van der Waals surface area contributed by atoms with E-state index in [9.17, 15) is 18.0 Å². The van der Waals surface area contributed by atoms with Crippen LogP contribution in [0.15, 0.2) is 35.6 Å². The number of alkyl halides is 3. The number of nitrogens with zero attached hydrogens (tertiary/aromatic N) is 3. The van der Waals surface area contributed by atoms with Crippen molar-refractivity contribution in [2.75, 3.05) is 6.54 Å². The Hall–Kier alpha value is -2.68. The first-order valence-electron chi connectivity index (χ1n) is 8.69. The molecule has 0 bridgehead atoms. The van der Waals surface area contributed by atoms with Crippen molar-refractivity contribution in [3.8, 4) is 5.88 Å². The summed E-state index contributed by atoms with van der Waals surface area (Å²) in [6, 6.07) is 3.83. The van der Waals surface area contributed by atoms with Gasteiger partial charge < -0.3 is 10.5 Å². The second-order valence-electron chi connectivity index (χ2n) is 6.61. The summed E-state index contributed by atoms with van der Waals surface area (Å²) in [7, 11) is 0. The largest absolute Gasteiger partial charge is 0.472 e. The van der Waals surface area contributed by atoms with E-state index < -0.39 is 23.8 Å². The Labute approximate surface area is 171 Å². The van der Waals surface area contributed by atoms with Gasteiger partial charge in [-0.3, -0.25) is 14.8 Å². The van der Waals surface area contributed by atoms with Crippen LogP contribution in [0.2, 0.25) is 5.02 Å². The van der Waals surface area contributed by atoms with Crippen molar-refractivity contribution >= 4 is 23.2 Å². The van der Waals surface area contributed by atoms with Gasteiger partial charge in [0.2, 0.25) is 11.8 Å². The van der Waals surface area contributed by atoms with Crippen molar-refractivity contribution in [1.82, 2.24) is 9.97 Å². The first-order chi connectivity index (χ1) is 13.5. The maximum atomic E-state index is 12.7. The summed E-state index contributed by atoms with van der Waals surface area (Å²) in [5, 5.41) is -0.240. The molecule has 0 radical (unpaired) electrons. The molecule has 1 amide bonds. The zero-order valence-electron chi connectivity index (χ0n) is 16.0. The molecule has 0 aromatic carbocycles. The lowest BCUT2D eigenvalue weighted by Gasteiger charge is -2.16.